The van der Waals surface area contributed by atoms with Crippen LogP contribution in [0.5, 0.6) is 5.75 Å². The van der Waals surface area contributed by atoms with Crippen molar-refractivity contribution in [3.05, 3.63) is 56.0 Å². The molecule has 25 heavy (non-hydrogen) atoms. The smallest absolute Gasteiger partial charge is 0.159 e. The zero-order chi connectivity index (χ0) is 18.3. The number of ether oxygens (including phenoxy) is 1. The molecule has 0 unspecified atom stereocenters. The fourth-order valence-corrected chi connectivity index (χ4v) is 3.84. The molecule has 0 saturated carbocycles. The number of hydrogen-bond donors (Lipinski definition) is 0. The van der Waals surface area contributed by atoms with Crippen LogP contribution in [-0.4, -0.2) is 20.5 Å². The standard InChI is InChI=1S/C17H15BrCl2FN3O/c1-8(2)25-16-10(6-11(19)14(21)13(16)18)7-12-23-9(3)15-17(20)22-4-5-24(12)15/h4-6,8H,7H2,1-3H3. The first-order valence-electron chi connectivity index (χ1n) is 7.60. The third-order valence-electron chi connectivity index (χ3n) is 3.65. The predicted octanol–water partition coefficient (Wildman–Crippen LogP) is 5.62. The van der Waals surface area contributed by atoms with Crippen molar-refractivity contribution in [2.75, 3.05) is 0 Å². The highest BCUT2D eigenvalue weighted by atomic mass is 79.9. The number of rotatable bonds is 4. The monoisotopic (exact) mass is 445 g/mol. The van der Waals surface area contributed by atoms with Gasteiger partial charge < -0.3 is 4.74 Å². The van der Waals surface area contributed by atoms with E-state index in [4.69, 9.17) is 27.9 Å². The van der Waals surface area contributed by atoms with Gasteiger partial charge in [0.1, 0.15) is 17.1 Å². The van der Waals surface area contributed by atoms with Crippen LogP contribution in [-0.2, 0) is 6.42 Å². The quantitative estimate of drug-likeness (QED) is 0.488. The van der Waals surface area contributed by atoms with Gasteiger partial charge in [0.05, 0.1) is 21.3 Å². The van der Waals surface area contributed by atoms with Crippen LogP contribution >= 0.6 is 39.1 Å². The van der Waals surface area contributed by atoms with Crippen LogP contribution in [0, 0.1) is 12.7 Å². The van der Waals surface area contributed by atoms with Crippen molar-refractivity contribution in [3.63, 3.8) is 0 Å². The highest BCUT2D eigenvalue weighted by molar-refractivity contribution is 9.10. The largest absolute Gasteiger partial charge is 0.489 e. The summed E-state index contributed by atoms with van der Waals surface area (Å²) in [5.74, 6) is 0.615. The highest BCUT2D eigenvalue weighted by Gasteiger charge is 2.20. The predicted molar refractivity (Wildman–Crippen MR) is 100 cm³/mol. The first kappa shape index (κ1) is 18.4. The summed E-state index contributed by atoms with van der Waals surface area (Å²) in [6, 6.07) is 1.57. The molecule has 2 aromatic heterocycles. The maximum Gasteiger partial charge on any atom is 0.159 e. The molecule has 0 radical (unpaired) electrons. The minimum absolute atomic E-state index is 0.0234. The maximum atomic E-state index is 14.2. The Labute approximate surface area is 163 Å². The van der Waals surface area contributed by atoms with Gasteiger partial charge in [0.25, 0.3) is 0 Å². The molecule has 0 aliphatic rings. The Morgan fingerprint density at radius 1 is 1.36 bits per heavy atom. The normalized spacial score (nSPS) is 11.5. The third-order valence-corrected chi connectivity index (χ3v) is 4.91. The lowest BCUT2D eigenvalue weighted by Gasteiger charge is -2.17. The Hall–Kier alpha value is -1.37. The Morgan fingerprint density at radius 3 is 2.76 bits per heavy atom. The van der Waals surface area contributed by atoms with Crippen LogP contribution in [0.1, 0.15) is 30.9 Å². The fourth-order valence-electron chi connectivity index (χ4n) is 2.66. The molecule has 0 spiro atoms. The molecular weight excluding hydrogens is 432 g/mol. The lowest BCUT2D eigenvalue weighted by molar-refractivity contribution is 0.237. The molecule has 0 fully saturated rings. The minimum atomic E-state index is -0.544. The van der Waals surface area contributed by atoms with E-state index in [9.17, 15) is 4.39 Å². The summed E-state index contributed by atoms with van der Waals surface area (Å²) in [5.41, 5.74) is 2.25. The summed E-state index contributed by atoms with van der Waals surface area (Å²) in [4.78, 5) is 8.67. The minimum Gasteiger partial charge on any atom is -0.489 e. The number of nitrogens with zero attached hydrogens (tertiary/aromatic N) is 3. The number of aromatic nitrogens is 3. The Morgan fingerprint density at radius 2 is 2.08 bits per heavy atom. The average Bonchev–Trinajstić information content (AvgIpc) is 2.86. The van der Waals surface area contributed by atoms with Gasteiger partial charge in [0, 0.05) is 24.4 Å². The second kappa shape index (κ2) is 7.09. The lowest BCUT2D eigenvalue weighted by Crippen LogP contribution is -2.10. The van der Waals surface area contributed by atoms with E-state index in [0.29, 0.717) is 17.3 Å². The number of imidazole rings is 1. The lowest BCUT2D eigenvalue weighted by atomic mass is 10.1. The van der Waals surface area contributed by atoms with Crippen LogP contribution in [0.25, 0.3) is 5.52 Å². The number of fused-ring (bicyclic) bond motifs is 1. The molecule has 0 atom stereocenters. The van der Waals surface area contributed by atoms with Crippen molar-refractivity contribution in [2.24, 2.45) is 0 Å². The van der Waals surface area contributed by atoms with E-state index in [1.165, 1.54) is 0 Å². The van der Waals surface area contributed by atoms with Crippen LogP contribution in [0.4, 0.5) is 4.39 Å². The van der Waals surface area contributed by atoms with Gasteiger partial charge in [-0.05, 0) is 42.8 Å². The van der Waals surface area contributed by atoms with Crippen molar-refractivity contribution >= 4 is 44.6 Å². The summed E-state index contributed by atoms with van der Waals surface area (Å²) < 4.78 is 22.1. The van der Waals surface area contributed by atoms with Gasteiger partial charge in [0.15, 0.2) is 11.0 Å². The first-order chi connectivity index (χ1) is 11.8. The first-order valence-corrected chi connectivity index (χ1v) is 9.15. The zero-order valence-corrected chi connectivity index (χ0v) is 16.9. The third kappa shape index (κ3) is 3.48. The molecule has 2 heterocycles. The molecule has 0 amide bonds. The molecule has 3 rings (SSSR count). The van der Waals surface area contributed by atoms with Gasteiger partial charge in [-0.3, -0.25) is 4.40 Å². The molecule has 0 saturated heterocycles. The molecule has 8 heteroatoms. The highest BCUT2D eigenvalue weighted by Crippen LogP contribution is 2.38. The summed E-state index contributed by atoms with van der Waals surface area (Å²) in [7, 11) is 0. The van der Waals surface area contributed by atoms with Crippen LogP contribution in [0.3, 0.4) is 0 Å². The number of hydrogen-bond acceptors (Lipinski definition) is 3. The topological polar surface area (TPSA) is 39.4 Å². The van der Waals surface area contributed by atoms with Gasteiger partial charge in [-0.2, -0.15) is 0 Å². The van der Waals surface area contributed by atoms with E-state index in [1.807, 2.05) is 25.2 Å². The van der Waals surface area contributed by atoms with Crippen molar-refractivity contribution in [1.29, 1.82) is 0 Å². The van der Waals surface area contributed by atoms with E-state index in [1.54, 1.807) is 18.5 Å². The van der Waals surface area contributed by atoms with E-state index in [2.05, 4.69) is 25.9 Å². The SMILES string of the molecule is Cc1nc(Cc2cc(Cl)c(F)c(Br)c2OC(C)C)n2ccnc(Cl)c12. The summed E-state index contributed by atoms with van der Waals surface area (Å²) >= 11 is 15.4. The summed E-state index contributed by atoms with van der Waals surface area (Å²) in [5, 5.41) is 0.408. The van der Waals surface area contributed by atoms with Gasteiger partial charge in [-0.1, -0.05) is 23.2 Å². The molecule has 0 aliphatic heterocycles. The van der Waals surface area contributed by atoms with E-state index >= 15 is 0 Å². The fraction of sp³-hybridized carbons (Fsp3) is 0.294. The molecule has 132 valence electrons. The van der Waals surface area contributed by atoms with Crippen molar-refractivity contribution < 1.29 is 9.13 Å². The van der Waals surface area contributed by atoms with Crippen molar-refractivity contribution in [3.8, 4) is 5.75 Å². The van der Waals surface area contributed by atoms with Crippen LogP contribution in [0.15, 0.2) is 22.9 Å². The average molecular weight is 447 g/mol. The second-order valence-electron chi connectivity index (χ2n) is 5.87. The van der Waals surface area contributed by atoms with E-state index in [-0.39, 0.29) is 15.6 Å². The Bertz CT molecular complexity index is 959. The van der Waals surface area contributed by atoms with E-state index in [0.717, 1.165) is 22.6 Å². The van der Waals surface area contributed by atoms with Crippen molar-refractivity contribution in [2.45, 2.75) is 33.3 Å². The van der Waals surface area contributed by atoms with Gasteiger partial charge in [0.2, 0.25) is 0 Å². The van der Waals surface area contributed by atoms with Gasteiger partial charge in [-0.25, -0.2) is 14.4 Å². The maximum absolute atomic E-state index is 14.2. The molecule has 0 N–H and O–H groups in total. The van der Waals surface area contributed by atoms with Gasteiger partial charge >= 0.3 is 0 Å². The number of halogens is 4. The summed E-state index contributed by atoms with van der Waals surface area (Å²) in [6.45, 7) is 5.62. The molecule has 1 aromatic carbocycles. The zero-order valence-electron chi connectivity index (χ0n) is 13.8. The molecule has 4 nitrogen and oxygen atoms in total. The molecule has 0 bridgehead atoms. The molecular formula is C17H15BrCl2FN3O. The van der Waals surface area contributed by atoms with Crippen LogP contribution in [0.2, 0.25) is 10.2 Å². The molecule has 0 aliphatic carbocycles. The van der Waals surface area contributed by atoms with Crippen LogP contribution < -0.4 is 4.74 Å². The van der Waals surface area contributed by atoms with Gasteiger partial charge in [-0.15, -0.1) is 0 Å². The summed E-state index contributed by atoms with van der Waals surface area (Å²) in [6.07, 6.45) is 3.68. The van der Waals surface area contributed by atoms with Crippen molar-refractivity contribution in [1.82, 2.24) is 14.4 Å². The second-order valence-corrected chi connectivity index (χ2v) is 7.43. The number of aryl methyl sites for hydroxylation is 1. The molecule has 3 aromatic rings. The van der Waals surface area contributed by atoms with E-state index < -0.39 is 5.82 Å². The Balaban J connectivity index is 2.14. The Kier molecular flexibility index (Phi) is 5.23. The number of benzene rings is 1.